The first-order valence-corrected chi connectivity index (χ1v) is 10.1. The van der Waals surface area contributed by atoms with Crippen molar-refractivity contribution in [2.45, 2.75) is 18.9 Å². The molecule has 5 nitrogen and oxygen atoms in total. The van der Waals surface area contributed by atoms with Crippen molar-refractivity contribution in [3.05, 3.63) is 83.1 Å². The van der Waals surface area contributed by atoms with Crippen molar-refractivity contribution in [2.75, 3.05) is 25.0 Å². The molecule has 1 aliphatic heterocycles. The van der Waals surface area contributed by atoms with E-state index in [0.29, 0.717) is 18.3 Å². The lowest BCUT2D eigenvalue weighted by molar-refractivity contribution is 0.255. The minimum Gasteiger partial charge on any atom is -0.420 e. The van der Waals surface area contributed by atoms with E-state index in [9.17, 15) is 9.65 Å². The van der Waals surface area contributed by atoms with Crippen molar-refractivity contribution >= 4 is 18.0 Å². The second-order valence-electron chi connectivity index (χ2n) is 7.28. The number of aromatic nitrogens is 1. The lowest BCUT2D eigenvalue weighted by atomic mass is 10.1. The number of halogens is 1. The van der Waals surface area contributed by atoms with E-state index in [2.05, 4.69) is 33.4 Å². The summed E-state index contributed by atoms with van der Waals surface area (Å²) in [6.45, 7) is 2.75. The van der Waals surface area contributed by atoms with Crippen LogP contribution in [0.2, 0.25) is 0 Å². The summed E-state index contributed by atoms with van der Waals surface area (Å²) < 4.78 is 18.8. The predicted molar refractivity (Wildman–Crippen MR) is 115 cm³/mol. The topological polar surface area (TPSA) is 65.1 Å². The zero-order chi connectivity index (χ0) is 20.8. The van der Waals surface area contributed by atoms with Gasteiger partial charge in [0.25, 0.3) is 0 Å². The Labute approximate surface area is 175 Å². The highest BCUT2D eigenvalue weighted by Crippen LogP contribution is 2.27. The number of anilines is 1. The van der Waals surface area contributed by atoms with Gasteiger partial charge in [-0.2, -0.15) is 10.2 Å². The van der Waals surface area contributed by atoms with Crippen LogP contribution in [0.25, 0.3) is 12.2 Å². The largest absolute Gasteiger partial charge is 0.420 e. The summed E-state index contributed by atoms with van der Waals surface area (Å²) in [5, 5.41) is 12.7. The molecule has 1 saturated heterocycles. The Balaban J connectivity index is 1.49. The maximum Gasteiger partial charge on any atom is 0.232 e. The number of benzene rings is 2. The van der Waals surface area contributed by atoms with E-state index in [-0.39, 0.29) is 17.6 Å². The Morgan fingerprint density at radius 1 is 1.10 bits per heavy atom. The molecule has 30 heavy (non-hydrogen) atoms. The first kappa shape index (κ1) is 19.9. The summed E-state index contributed by atoms with van der Waals surface area (Å²) in [5.41, 5.74) is 2.28. The molecule has 0 radical (unpaired) electrons. The van der Waals surface area contributed by atoms with Crippen LogP contribution in [0, 0.1) is 17.1 Å². The number of oxazole rings is 1. The first-order valence-electron chi connectivity index (χ1n) is 10.1. The number of nitriles is 1. The Morgan fingerprint density at radius 3 is 2.53 bits per heavy atom. The molecule has 0 aliphatic carbocycles. The number of hydrogen-bond acceptors (Lipinski definition) is 5. The van der Waals surface area contributed by atoms with Crippen molar-refractivity contribution in [2.24, 2.45) is 0 Å². The molecule has 1 unspecified atom stereocenters. The number of likely N-dealkylation sites (tertiary alicyclic amines) is 1. The van der Waals surface area contributed by atoms with Crippen molar-refractivity contribution in [1.82, 2.24) is 9.88 Å². The minimum atomic E-state index is -0.285. The third kappa shape index (κ3) is 4.76. The zero-order valence-electron chi connectivity index (χ0n) is 16.6. The zero-order valence-corrected chi connectivity index (χ0v) is 16.6. The van der Waals surface area contributed by atoms with Crippen molar-refractivity contribution in [3.8, 4) is 6.07 Å². The second kappa shape index (κ2) is 9.38. The van der Waals surface area contributed by atoms with Crippen molar-refractivity contribution in [1.29, 1.82) is 5.26 Å². The number of nitrogens with one attached hydrogen (secondary N) is 1. The van der Waals surface area contributed by atoms with Gasteiger partial charge in [-0.3, -0.25) is 4.90 Å². The molecule has 3 aromatic rings. The SMILES string of the molecule is N#Cc1nc(C=Cc2ccc(F)cc2)oc1NCC(c1ccccc1)N1CCCC1. The van der Waals surface area contributed by atoms with E-state index >= 15 is 0 Å². The average molecular weight is 402 g/mol. The van der Waals surface area contributed by atoms with Crippen LogP contribution in [0.5, 0.6) is 0 Å². The van der Waals surface area contributed by atoms with Crippen LogP contribution in [0.15, 0.2) is 59.0 Å². The van der Waals surface area contributed by atoms with Crippen molar-refractivity contribution in [3.63, 3.8) is 0 Å². The van der Waals surface area contributed by atoms with E-state index in [0.717, 1.165) is 18.7 Å². The van der Waals surface area contributed by atoms with Crippen LogP contribution in [0.1, 0.15) is 41.6 Å². The van der Waals surface area contributed by atoms with Crippen molar-refractivity contribution < 1.29 is 8.81 Å². The van der Waals surface area contributed by atoms with Crippen LogP contribution < -0.4 is 5.32 Å². The number of rotatable bonds is 7. The molecule has 1 N–H and O–H groups in total. The minimum absolute atomic E-state index is 0.198. The van der Waals surface area contributed by atoms with E-state index in [1.165, 1.54) is 30.5 Å². The summed E-state index contributed by atoms with van der Waals surface area (Å²) >= 11 is 0. The average Bonchev–Trinajstić information content (AvgIpc) is 3.44. The lowest BCUT2D eigenvalue weighted by Crippen LogP contribution is -2.31. The van der Waals surface area contributed by atoms with E-state index < -0.39 is 0 Å². The first-order chi connectivity index (χ1) is 14.7. The molecule has 1 fully saturated rings. The number of nitrogens with zero attached hydrogens (tertiary/aromatic N) is 3. The summed E-state index contributed by atoms with van der Waals surface area (Å²) in [5.74, 6) is 0.416. The molecular formula is C24H23FN4O. The molecule has 0 amide bonds. The summed E-state index contributed by atoms with van der Waals surface area (Å²) in [7, 11) is 0. The van der Waals surface area contributed by atoms with Gasteiger partial charge >= 0.3 is 0 Å². The molecule has 1 aromatic heterocycles. The predicted octanol–water partition coefficient (Wildman–Crippen LogP) is 5.10. The van der Waals surface area contributed by atoms with Gasteiger partial charge in [0.2, 0.25) is 17.5 Å². The molecule has 0 saturated carbocycles. The quantitative estimate of drug-likeness (QED) is 0.595. The van der Waals surface area contributed by atoms with Gasteiger partial charge in [-0.25, -0.2) is 4.39 Å². The summed E-state index contributed by atoms with van der Waals surface area (Å²) in [6, 6.07) is 18.8. The maximum absolute atomic E-state index is 13.0. The molecule has 0 spiro atoms. The Hall–Kier alpha value is -3.43. The highest BCUT2D eigenvalue weighted by molar-refractivity contribution is 5.67. The van der Waals surface area contributed by atoms with Gasteiger partial charge in [-0.1, -0.05) is 42.5 Å². The van der Waals surface area contributed by atoms with Gasteiger partial charge < -0.3 is 9.73 Å². The van der Waals surface area contributed by atoms with E-state index in [1.54, 1.807) is 24.3 Å². The van der Waals surface area contributed by atoms with E-state index in [4.69, 9.17) is 4.42 Å². The van der Waals surface area contributed by atoms with Gasteiger partial charge in [0.05, 0.1) is 6.04 Å². The van der Waals surface area contributed by atoms with Crippen LogP contribution >= 0.6 is 0 Å². The molecule has 1 atom stereocenters. The number of hydrogen-bond donors (Lipinski definition) is 1. The van der Waals surface area contributed by atoms with Gasteiger partial charge in [0.1, 0.15) is 11.9 Å². The molecule has 2 heterocycles. The molecule has 1 aliphatic rings. The van der Waals surface area contributed by atoms with Gasteiger partial charge in [-0.05, 0) is 55.3 Å². The monoisotopic (exact) mass is 402 g/mol. The fraction of sp³-hybridized carbons (Fsp3) is 0.250. The molecule has 2 aromatic carbocycles. The van der Waals surface area contributed by atoms with Gasteiger partial charge in [0.15, 0.2) is 0 Å². The third-order valence-corrected chi connectivity index (χ3v) is 5.26. The Morgan fingerprint density at radius 2 is 1.83 bits per heavy atom. The fourth-order valence-electron chi connectivity index (χ4n) is 3.72. The molecule has 6 heteroatoms. The van der Waals surface area contributed by atoms with Crippen LogP contribution in [0.4, 0.5) is 10.3 Å². The Bertz CT molecular complexity index is 1030. The highest BCUT2D eigenvalue weighted by atomic mass is 19.1. The molecule has 4 rings (SSSR count). The molecular weight excluding hydrogens is 379 g/mol. The normalized spacial score (nSPS) is 15.3. The standard InChI is InChI=1S/C24H23FN4O/c25-20-11-8-18(9-12-20)10-13-23-28-21(16-26)24(30-23)27-17-22(29-14-4-5-15-29)19-6-2-1-3-7-19/h1-3,6-13,22,27H,4-5,14-15,17H2. The molecule has 0 bridgehead atoms. The van der Waals surface area contributed by atoms with Gasteiger partial charge in [0, 0.05) is 12.6 Å². The van der Waals surface area contributed by atoms with Crippen LogP contribution in [-0.2, 0) is 0 Å². The van der Waals surface area contributed by atoms with E-state index in [1.807, 2.05) is 18.2 Å². The fourth-order valence-corrected chi connectivity index (χ4v) is 3.72. The Kier molecular flexibility index (Phi) is 6.21. The third-order valence-electron chi connectivity index (χ3n) is 5.26. The smallest absolute Gasteiger partial charge is 0.232 e. The van der Waals surface area contributed by atoms with Crippen LogP contribution in [-0.4, -0.2) is 29.5 Å². The second-order valence-corrected chi connectivity index (χ2v) is 7.28. The molecule has 152 valence electrons. The summed E-state index contributed by atoms with van der Waals surface area (Å²) in [6.07, 6.45) is 5.85. The highest BCUT2D eigenvalue weighted by Gasteiger charge is 2.24. The van der Waals surface area contributed by atoms with Crippen LogP contribution in [0.3, 0.4) is 0 Å². The lowest BCUT2D eigenvalue weighted by Gasteiger charge is -2.28. The van der Waals surface area contributed by atoms with Gasteiger partial charge in [-0.15, -0.1) is 0 Å². The maximum atomic E-state index is 13.0. The summed E-state index contributed by atoms with van der Waals surface area (Å²) in [4.78, 5) is 6.70.